The third-order valence-corrected chi connectivity index (χ3v) is 2.65. The van der Waals surface area contributed by atoms with Crippen LogP contribution in [0.3, 0.4) is 0 Å². The molecule has 7 heteroatoms. The van der Waals surface area contributed by atoms with Gasteiger partial charge in [0.1, 0.15) is 0 Å². The van der Waals surface area contributed by atoms with Crippen molar-refractivity contribution in [2.75, 3.05) is 5.73 Å². The minimum Gasteiger partial charge on any atom is -0.374 e. The van der Waals surface area contributed by atoms with Gasteiger partial charge in [-0.2, -0.15) is 4.52 Å². The fourth-order valence-corrected chi connectivity index (χ4v) is 1.91. The Labute approximate surface area is 88.4 Å². The van der Waals surface area contributed by atoms with Gasteiger partial charge in [0.2, 0.25) is 10.1 Å². The molecule has 0 radical (unpaired) electrons. The normalized spacial score (nSPS) is 10.9. The summed E-state index contributed by atoms with van der Waals surface area (Å²) in [6, 6.07) is 3.74. The predicted molar refractivity (Wildman–Crippen MR) is 56.3 cm³/mol. The van der Waals surface area contributed by atoms with Crippen LogP contribution in [0.15, 0.2) is 24.5 Å². The van der Waals surface area contributed by atoms with Gasteiger partial charge in [-0.25, -0.2) is 0 Å². The summed E-state index contributed by atoms with van der Waals surface area (Å²) in [5.41, 5.74) is 6.46. The van der Waals surface area contributed by atoms with E-state index in [1.54, 1.807) is 16.9 Å². The third kappa shape index (κ3) is 1.24. The van der Waals surface area contributed by atoms with Gasteiger partial charge in [0, 0.05) is 18.0 Å². The summed E-state index contributed by atoms with van der Waals surface area (Å²) in [4.78, 5) is 4.70. The second kappa shape index (κ2) is 2.99. The first-order chi connectivity index (χ1) is 7.34. The number of hydrogen-bond acceptors (Lipinski definition) is 6. The van der Waals surface area contributed by atoms with Gasteiger partial charge in [0.05, 0.1) is 0 Å². The average Bonchev–Trinajstić information content (AvgIpc) is 2.77. The Morgan fingerprint density at radius 3 is 3.07 bits per heavy atom. The molecule has 3 heterocycles. The predicted octanol–water partition coefficient (Wildman–Crippen LogP) is 0.830. The van der Waals surface area contributed by atoms with Gasteiger partial charge < -0.3 is 5.73 Å². The van der Waals surface area contributed by atoms with Gasteiger partial charge in [-0.15, -0.1) is 15.3 Å². The lowest BCUT2D eigenvalue weighted by Gasteiger charge is -1.93. The molecule has 0 saturated carbocycles. The maximum absolute atomic E-state index is 5.59. The molecule has 0 unspecified atom stereocenters. The molecular formula is C8H6N6S. The summed E-state index contributed by atoms with van der Waals surface area (Å²) >= 11 is 1.30. The number of nitrogens with zero attached hydrogens (tertiary/aromatic N) is 5. The van der Waals surface area contributed by atoms with Crippen molar-refractivity contribution in [3.63, 3.8) is 0 Å². The zero-order chi connectivity index (χ0) is 10.3. The Balaban J connectivity index is 2.27. The molecule has 74 valence electrons. The summed E-state index contributed by atoms with van der Waals surface area (Å²) in [6.45, 7) is 0. The highest BCUT2D eigenvalue weighted by atomic mass is 32.1. The zero-order valence-corrected chi connectivity index (χ0v) is 8.35. The minimum atomic E-state index is 0.477. The number of pyridine rings is 1. The number of nitrogens with two attached hydrogens (primary N) is 1. The topological polar surface area (TPSA) is 82.0 Å². The summed E-state index contributed by atoms with van der Waals surface area (Å²) in [5.74, 6) is 0.658. The van der Waals surface area contributed by atoms with E-state index in [2.05, 4.69) is 20.3 Å². The molecule has 3 rings (SSSR count). The van der Waals surface area contributed by atoms with Crippen LogP contribution in [0.2, 0.25) is 0 Å². The lowest BCUT2D eigenvalue weighted by Crippen LogP contribution is -1.92. The van der Waals surface area contributed by atoms with Crippen LogP contribution in [0.25, 0.3) is 16.3 Å². The molecule has 0 atom stereocenters. The minimum absolute atomic E-state index is 0.477. The zero-order valence-electron chi connectivity index (χ0n) is 7.53. The number of anilines is 1. The second-order valence-corrected chi connectivity index (χ2v) is 3.89. The van der Waals surface area contributed by atoms with Crippen molar-refractivity contribution in [3.8, 4) is 11.4 Å². The smallest absolute Gasteiger partial charge is 0.236 e. The Kier molecular flexibility index (Phi) is 1.65. The molecule has 0 fully saturated rings. The standard InChI is InChI=1S/C8H6N6S/c9-7-13-14-6(11-12-8(14)15-7)5-2-1-3-10-4-5/h1-4H,(H2,9,13). The second-order valence-electron chi connectivity index (χ2n) is 2.90. The van der Waals surface area contributed by atoms with Crippen LogP contribution in [-0.4, -0.2) is 24.8 Å². The van der Waals surface area contributed by atoms with Crippen LogP contribution in [0, 0.1) is 0 Å². The number of nitrogen functional groups attached to an aromatic ring is 1. The maximum atomic E-state index is 5.59. The maximum Gasteiger partial charge on any atom is 0.236 e. The van der Waals surface area contributed by atoms with Gasteiger partial charge >= 0.3 is 0 Å². The van der Waals surface area contributed by atoms with E-state index in [1.165, 1.54) is 11.3 Å². The van der Waals surface area contributed by atoms with E-state index in [0.717, 1.165) is 5.56 Å². The van der Waals surface area contributed by atoms with Crippen LogP contribution in [0.1, 0.15) is 0 Å². The first-order valence-corrected chi connectivity index (χ1v) is 5.04. The summed E-state index contributed by atoms with van der Waals surface area (Å²) in [6.07, 6.45) is 3.42. The van der Waals surface area contributed by atoms with Crippen LogP contribution >= 0.6 is 11.3 Å². The van der Waals surface area contributed by atoms with E-state index in [0.29, 0.717) is 15.9 Å². The molecule has 15 heavy (non-hydrogen) atoms. The van der Waals surface area contributed by atoms with Crippen molar-refractivity contribution in [2.24, 2.45) is 0 Å². The molecule has 0 spiro atoms. The highest BCUT2D eigenvalue weighted by molar-refractivity contribution is 7.20. The summed E-state index contributed by atoms with van der Waals surface area (Å²) < 4.78 is 1.62. The number of rotatable bonds is 1. The van der Waals surface area contributed by atoms with E-state index in [1.807, 2.05) is 12.1 Å². The van der Waals surface area contributed by atoms with Crippen LogP contribution in [0.4, 0.5) is 5.13 Å². The van der Waals surface area contributed by atoms with E-state index < -0.39 is 0 Å². The molecule has 2 N–H and O–H groups in total. The van der Waals surface area contributed by atoms with Crippen LogP contribution in [0.5, 0.6) is 0 Å². The molecule has 0 amide bonds. The SMILES string of the molecule is Nc1nn2c(-c3cccnc3)nnc2s1. The lowest BCUT2D eigenvalue weighted by atomic mass is 10.3. The van der Waals surface area contributed by atoms with E-state index in [-0.39, 0.29) is 0 Å². The molecule has 0 saturated heterocycles. The lowest BCUT2D eigenvalue weighted by molar-refractivity contribution is 0.971. The van der Waals surface area contributed by atoms with Gasteiger partial charge in [-0.05, 0) is 12.1 Å². The average molecular weight is 218 g/mol. The Morgan fingerprint density at radius 1 is 1.33 bits per heavy atom. The van der Waals surface area contributed by atoms with Crippen LogP contribution < -0.4 is 5.73 Å². The molecule has 0 bridgehead atoms. The Morgan fingerprint density at radius 2 is 2.27 bits per heavy atom. The first-order valence-electron chi connectivity index (χ1n) is 4.23. The van der Waals surface area contributed by atoms with Crippen molar-refractivity contribution in [1.29, 1.82) is 0 Å². The first kappa shape index (κ1) is 8.30. The highest BCUT2D eigenvalue weighted by Gasteiger charge is 2.11. The molecule has 0 aliphatic heterocycles. The largest absolute Gasteiger partial charge is 0.374 e. The molecule has 3 aromatic heterocycles. The number of hydrogen-bond donors (Lipinski definition) is 1. The van der Waals surface area contributed by atoms with Gasteiger partial charge in [-0.3, -0.25) is 4.98 Å². The van der Waals surface area contributed by atoms with Crippen LogP contribution in [-0.2, 0) is 0 Å². The fourth-order valence-electron chi connectivity index (χ4n) is 1.31. The van der Waals surface area contributed by atoms with Crippen molar-refractivity contribution < 1.29 is 0 Å². The van der Waals surface area contributed by atoms with Crippen molar-refractivity contribution in [1.82, 2.24) is 24.8 Å². The number of fused-ring (bicyclic) bond motifs is 1. The van der Waals surface area contributed by atoms with Crippen molar-refractivity contribution >= 4 is 21.4 Å². The van der Waals surface area contributed by atoms with E-state index >= 15 is 0 Å². The van der Waals surface area contributed by atoms with E-state index in [4.69, 9.17) is 5.73 Å². The molecule has 6 nitrogen and oxygen atoms in total. The molecule has 3 aromatic rings. The molecule has 0 aliphatic rings. The quantitative estimate of drug-likeness (QED) is 0.654. The highest BCUT2D eigenvalue weighted by Crippen LogP contribution is 2.21. The third-order valence-electron chi connectivity index (χ3n) is 1.93. The molecular weight excluding hydrogens is 212 g/mol. The molecule has 0 aliphatic carbocycles. The molecule has 0 aromatic carbocycles. The summed E-state index contributed by atoms with van der Waals surface area (Å²) in [5, 5.41) is 12.6. The number of aromatic nitrogens is 5. The van der Waals surface area contributed by atoms with Crippen molar-refractivity contribution in [3.05, 3.63) is 24.5 Å². The monoisotopic (exact) mass is 218 g/mol. The fraction of sp³-hybridized carbons (Fsp3) is 0. The van der Waals surface area contributed by atoms with Crippen molar-refractivity contribution in [2.45, 2.75) is 0 Å². The van der Waals surface area contributed by atoms with E-state index in [9.17, 15) is 0 Å². The van der Waals surface area contributed by atoms with Gasteiger partial charge in [-0.1, -0.05) is 11.3 Å². The summed E-state index contributed by atoms with van der Waals surface area (Å²) in [7, 11) is 0. The Hall–Kier alpha value is -2.02. The van der Waals surface area contributed by atoms with Gasteiger partial charge in [0.15, 0.2) is 5.82 Å². The van der Waals surface area contributed by atoms with Gasteiger partial charge in [0.25, 0.3) is 0 Å². The Bertz CT molecular complexity index is 598.